The van der Waals surface area contributed by atoms with E-state index in [0.717, 1.165) is 32.1 Å². The Bertz CT molecular complexity index is 720. The highest BCUT2D eigenvalue weighted by atomic mass is 16.4. The molecule has 45 heavy (non-hydrogen) atoms. The lowest BCUT2D eigenvalue weighted by Gasteiger charge is -2.36. The van der Waals surface area contributed by atoms with Crippen molar-refractivity contribution in [3.8, 4) is 0 Å². The van der Waals surface area contributed by atoms with Gasteiger partial charge in [0.25, 0.3) is 0 Å². The summed E-state index contributed by atoms with van der Waals surface area (Å²) in [6.07, 6.45) is 26.1. The van der Waals surface area contributed by atoms with Crippen LogP contribution in [0.25, 0.3) is 0 Å². The Morgan fingerprint density at radius 3 is 1.11 bits per heavy atom. The van der Waals surface area contributed by atoms with Crippen LogP contribution in [0.4, 0.5) is 0 Å². The van der Waals surface area contributed by atoms with Crippen molar-refractivity contribution in [1.29, 1.82) is 0 Å². The summed E-state index contributed by atoms with van der Waals surface area (Å²) >= 11 is 0. The number of hydrogen-bond donors (Lipinski definition) is 3. The van der Waals surface area contributed by atoms with Gasteiger partial charge in [0, 0.05) is 25.2 Å². The maximum absolute atomic E-state index is 11.9. The smallest absolute Gasteiger partial charge is 0.317 e. The molecule has 0 aromatic heterocycles. The second-order valence-electron chi connectivity index (χ2n) is 13.5. The highest BCUT2D eigenvalue weighted by Crippen LogP contribution is 2.18. The minimum atomic E-state index is -1.07. The highest BCUT2D eigenvalue weighted by Gasteiger charge is 2.27. The molecule has 3 N–H and O–H groups in total. The molecule has 0 aromatic carbocycles. The van der Waals surface area contributed by atoms with Gasteiger partial charge in [-0.3, -0.25) is 24.2 Å². The number of rotatable bonds is 34. The number of carboxylic acid groups (broad SMARTS) is 3. The summed E-state index contributed by atoms with van der Waals surface area (Å²) in [5.41, 5.74) is 0. The zero-order valence-corrected chi connectivity index (χ0v) is 29.7. The van der Waals surface area contributed by atoms with Crippen molar-refractivity contribution in [3.05, 3.63) is 0 Å². The Hall–Kier alpha value is -1.71. The van der Waals surface area contributed by atoms with Crippen LogP contribution in [0.1, 0.15) is 155 Å². The number of carboxylic acids is 3. The van der Waals surface area contributed by atoms with Crippen molar-refractivity contribution in [1.82, 2.24) is 14.7 Å². The standard InChI is InChI=1S/C36H71N3O6/c1-5-7-9-11-13-15-17-19-21-23-25-32(37(3)4)27-38(29-34(40)41)28-33(39(30-35(42)43)31-36(44)45)26-24-22-20-18-16-14-12-10-8-6-2/h32-33H,5-31H2,1-4H3,(H,40,41)(H,42,43)(H,44,45). The van der Waals surface area contributed by atoms with Crippen molar-refractivity contribution < 1.29 is 29.7 Å². The molecule has 0 rings (SSSR count). The average Bonchev–Trinajstić information content (AvgIpc) is 2.96. The summed E-state index contributed by atoms with van der Waals surface area (Å²) in [4.78, 5) is 40.9. The summed E-state index contributed by atoms with van der Waals surface area (Å²) in [7, 11) is 4.06. The molecule has 0 heterocycles. The van der Waals surface area contributed by atoms with Crippen molar-refractivity contribution in [2.24, 2.45) is 0 Å². The van der Waals surface area contributed by atoms with E-state index in [1.54, 1.807) is 0 Å². The van der Waals surface area contributed by atoms with E-state index in [1.807, 2.05) is 19.0 Å². The molecule has 0 amide bonds. The molecular formula is C36H71N3O6. The first-order chi connectivity index (χ1) is 21.6. The van der Waals surface area contributed by atoms with Gasteiger partial charge in [0.2, 0.25) is 0 Å². The van der Waals surface area contributed by atoms with Crippen molar-refractivity contribution in [3.63, 3.8) is 0 Å². The molecule has 266 valence electrons. The molecule has 9 nitrogen and oxygen atoms in total. The first-order valence-electron chi connectivity index (χ1n) is 18.4. The van der Waals surface area contributed by atoms with Gasteiger partial charge in [0.15, 0.2) is 0 Å². The molecule has 9 heteroatoms. The molecule has 2 atom stereocenters. The molecule has 0 aliphatic carbocycles. The maximum Gasteiger partial charge on any atom is 0.317 e. The molecule has 2 unspecified atom stereocenters. The van der Waals surface area contributed by atoms with Gasteiger partial charge in [0.1, 0.15) is 0 Å². The van der Waals surface area contributed by atoms with Crippen LogP contribution >= 0.6 is 0 Å². The Labute approximate surface area is 276 Å². The summed E-state index contributed by atoms with van der Waals surface area (Å²) < 4.78 is 0. The van der Waals surface area contributed by atoms with E-state index in [9.17, 15) is 29.7 Å². The maximum atomic E-state index is 11.9. The second kappa shape index (κ2) is 29.7. The normalized spacial score (nSPS) is 13.1. The molecule has 0 aliphatic rings. The van der Waals surface area contributed by atoms with Crippen LogP contribution in [-0.4, -0.2) is 107 Å². The third-order valence-corrected chi connectivity index (χ3v) is 9.00. The minimum absolute atomic E-state index is 0.148. The first kappa shape index (κ1) is 43.3. The summed E-state index contributed by atoms with van der Waals surface area (Å²) in [6.45, 7) is 4.48. The fourth-order valence-corrected chi connectivity index (χ4v) is 6.29. The van der Waals surface area contributed by atoms with E-state index in [-0.39, 0.29) is 31.7 Å². The lowest BCUT2D eigenvalue weighted by Crippen LogP contribution is -2.51. The molecule has 0 saturated heterocycles. The van der Waals surface area contributed by atoms with E-state index in [1.165, 1.54) is 108 Å². The van der Waals surface area contributed by atoms with E-state index in [0.29, 0.717) is 19.5 Å². The van der Waals surface area contributed by atoms with Crippen LogP contribution < -0.4 is 0 Å². The van der Waals surface area contributed by atoms with Gasteiger partial charge in [-0.25, -0.2) is 0 Å². The van der Waals surface area contributed by atoms with Crippen LogP contribution in [0.2, 0.25) is 0 Å². The van der Waals surface area contributed by atoms with E-state index < -0.39 is 17.9 Å². The molecule has 0 fully saturated rings. The van der Waals surface area contributed by atoms with Gasteiger partial charge in [0.05, 0.1) is 19.6 Å². The van der Waals surface area contributed by atoms with Crippen LogP contribution in [0, 0.1) is 0 Å². The van der Waals surface area contributed by atoms with Crippen molar-refractivity contribution >= 4 is 17.9 Å². The number of unbranched alkanes of at least 4 members (excludes halogenated alkanes) is 18. The molecule has 0 aromatic rings. The van der Waals surface area contributed by atoms with Crippen molar-refractivity contribution in [2.45, 2.75) is 167 Å². The van der Waals surface area contributed by atoms with Gasteiger partial charge < -0.3 is 20.2 Å². The molecule has 0 saturated carbocycles. The molecule has 0 spiro atoms. The number of likely N-dealkylation sites (N-methyl/N-ethyl adjacent to an activating group) is 1. The predicted molar refractivity (Wildman–Crippen MR) is 185 cm³/mol. The molecule has 0 bridgehead atoms. The van der Waals surface area contributed by atoms with E-state index in [2.05, 4.69) is 18.7 Å². The molecular weight excluding hydrogens is 570 g/mol. The average molecular weight is 642 g/mol. The predicted octanol–water partition coefficient (Wildman–Crippen LogP) is 7.77. The number of aliphatic carboxylic acids is 3. The Balaban J connectivity index is 5.14. The van der Waals surface area contributed by atoms with Crippen molar-refractivity contribution in [2.75, 3.05) is 46.8 Å². The Kier molecular flexibility index (Phi) is 28.5. The summed E-state index contributed by atoms with van der Waals surface area (Å²) in [6, 6.07) is -0.172. The number of carbonyl (C=O) groups is 3. The topological polar surface area (TPSA) is 122 Å². The highest BCUT2D eigenvalue weighted by molar-refractivity contribution is 5.72. The third kappa shape index (κ3) is 27.1. The van der Waals surface area contributed by atoms with Crippen LogP contribution in [0.3, 0.4) is 0 Å². The number of hydrogen-bond acceptors (Lipinski definition) is 6. The van der Waals surface area contributed by atoms with Gasteiger partial charge in [-0.15, -0.1) is 0 Å². The summed E-state index contributed by atoms with van der Waals surface area (Å²) in [5, 5.41) is 28.9. The minimum Gasteiger partial charge on any atom is -0.480 e. The zero-order valence-electron chi connectivity index (χ0n) is 29.7. The molecule has 0 radical (unpaired) electrons. The Morgan fingerprint density at radius 2 is 0.778 bits per heavy atom. The lowest BCUT2D eigenvalue weighted by atomic mass is 10.0. The Morgan fingerprint density at radius 1 is 0.467 bits per heavy atom. The van der Waals surface area contributed by atoms with Gasteiger partial charge >= 0.3 is 17.9 Å². The van der Waals surface area contributed by atoms with Crippen LogP contribution in [0.15, 0.2) is 0 Å². The number of nitrogens with zero attached hydrogens (tertiary/aromatic N) is 3. The molecule has 0 aliphatic heterocycles. The largest absolute Gasteiger partial charge is 0.480 e. The quantitative estimate of drug-likeness (QED) is 0.0605. The monoisotopic (exact) mass is 642 g/mol. The van der Waals surface area contributed by atoms with Gasteiger partial charge in [-0.2, -0.15) is 0 Å². The summed E-state index contributed by atoms with van der Waals surface area (Å²) in [5.74, 6) is -3.06. The van der Waals surface area contributed by atoms with E-state index in [4.69, 9.17) is 0 Å². The zero-order chi connectivity index (χ0) is 33.7. The first-order valence-corrected chi connectivity index (χ1v) is 18.4. The van der Waals surface area contributed by atoms with Gasteiger partial charge in [-0.05, 0) is 26.9 Å². The fourth-order valence-electron chi connectivity index (χ4n) is 6.29. The SMILES string of the molecule is CCCCCCCCCCCCC(CN(CC(=O)O)CC(CCCCCCCCCCCC)N(CC(=O)O)CC(=O)O)N(C)C. The van der Waals surface area contributed by atoms with E-state index >= 15 is 0 Å². The second-order valence-corrected chi connectivity index (χ2v) is 13.5. The lowest BCUT2D eigenvalue weighted by molar-refractivity contribution is -0.144. The third-order valence-electron chi connectivity index (χ3n) is 9.00. The van der Waals surface area contributed by atoms with Gasteiger partial charge in [-0.1, -0.05) is 142 Å². The van der Waals surface area contributed by atoms with Crippen LogP contribution in [0.5, 0.6) is 0 Å². The van der Waals surface area contributed by atoms with Crippen LogP contribution in [-0.2, 0) is 14.4 Å². The fraction of sp³-hybridized carbons (Fsp3) is 0.917.